The Morgan fingerprint density at radius 3 is 2.64 bits per heavy atom. The molecule has 0 amide bonds. The van der Waals surface area contributed by atoms with E-state index in [1.54, 1.807) is 12.1 Å². The SMILES string of the molecule is CC(C)CC1(C)NCCc2c1oc1cc(S(=O)(=O)c3cccc(F)c3)ccc21. The summed E-state index contributed by atoms with van der Waals surface area (Å²) in [5, 5.41) is 4.52. The van der Waals surface area contributed by atoms with Gasteiger partial charge in [-0.15, -0.1) is 0 Å². The molecule has 0 saturated heterocycles. The number of furan rings is 1. The number of sulfone groups is 1. The van der Waals surface area contributed by atoms with E-state index < -0.39 is 15.7 Å². The van der Waals surface area contributed by atoms with Gasteiger partial charge in [0.2, 0.25) is 9.84 Å². The zero-order chi connectivity index (χ0) is 20.1. The smallest absolute Gasteiger partial charge is 0.206 e. The van der Waals surface area contributed by atoms with Crippen molar-refractivity contribution in [2.24, 2.45) is 5.92 Å². The van der Waals surface area contributed by atoms with E-state index in [9.17, 15) is 12.8 Å². The molecule has 0 spiro atoms. The van der Waals surface area contributed by atoms with Gasteiger partial charge in [-0.3, -0.25) is 0 Å². The molecule has 1 aliphatic heterocycles. The highest BCUT2D eigenvalue weighted by Crippen LogP contribution is 2.40. The second-order valence-corrected chi connectivity index (χ2v) is 10.1. The molecule has 0 saturated carbocycles. The van der Waals surface area contributed by atoms with Crippen molar-refractivity contribution in [3.63, 3.8) is 0 Å². The van der Waals surface area contributed by atoms with Crippen molar-refractivity contribution in [3.05, 3.63) is 59.6 Å². The van der Waals surface area contributed by atoms with Gasteiger partial charge >= 0.3 is 0 Å². The minimum absolute atomic E-state index is 0.0607. The predicted molar refractivity (Wildman–Crippen MR) is 107 cm³/mol. The van der Waals surface area contributed by atoms with E-state index in [0.717, 1.165) is 42.2 Å². The molecule has 0 fully saturated rings. The van der Waals surface area contributed by atoms with E-state index in [4.69, 9.17) is 4.42 Å². The zero-order valence-corrected chi connectivity index (χ0v) is 17.1. The van der Waals surface area contributed by atoms with Crippen LogP contribution in [-0.2, 0) is 21.8 Å². The van der Waals surface area contributed by atoms with E-state index in [0.29, 0.717) is 11.5 Å². The maximum atomic E-state index is 13.5. The molecule has 1 aliphatic rings. The standard InChI is InChI=1S/C22H24FNO3S/c1-14(2)13-22(3)21-19(9-10-24-22)18-8-7-17(12-20(18)27-21)28(25,26)16-6-4-5-15(23)11-16/h4-8,11-12,14,24H,9-10,13H2,1-3H3. The molecule has 148 valence electrons. The fourth-order valence-electron chi connectivity index (χ4n) is 4.29. The molecular weight excluding hydrogens is 377 g/mol. The van der Waals surface area contributed by atoms with E-state index >= 15 is 0 Å². The lowest BCUT2D eigenvalue weighted by Crippen LogP contribution is -2.45. The van der Waals surface area contributed by atoms with Crippen molar-refractivity contribution >= 4 is 20.8 Å². The van der Waals surface area contributed by atoms with Crippen LogP contribution in [0.25, 0.3) is 11.0 Å². The lowest BCUT2D eigenvalue weighted by Gasteiger charge is -2.35. The highest BCUT2D eigenvalue weighted by Gasteiger charge is 2.37. The maximum Gasteiger partial charge on any atom is 0.206 e. The summed E-state index contributed by atoms with van der Waals surface area (Å²) >= 11 is 0. The Hall–Kier alpha value is -2.18. The maximum absolute atomic E-state index is 13.5. The zero-order valence-electron chi connectivity index (χ0n) is 16.3. The van der Waals surface area contributed by atoms with Crippen molar-refractivity contribution in [3.8, 4) is 0 Å². The van der Waals surface area contributed by atoms with Crippen molar-refractivity contribution < 1.29 is 17.2 Å². The third-order valence-corrected chi connectivity index (χ3v) is 7.14. The van der Waals surface area contributed by atoms with Crippen LogP contribution in [0, 0.1) is 11.7 Å². The van der Waals surface area contributed by atoms with Gasteiger partial charge in [-0.2, -0.15) is 0 Å². The van der Waals surface area contributed by atoms with E-state index in [1.165, 1.54) is 18.2 Å². The van der Waals surface area contributed by atoms with Gasteiger partial charge in [0.25, 0.3) is 0 Å². The Labute approximate surface area is 164 Å². The number of fused-ring (bicyclic) bond motifs is 3. The van der Waals surface area contributed by atoms with Gasteiger partial charge < -0.3 is 9.73 Å². The summed E-state index contributed by atoms with van der Waals surface area (Å²) in [7, 11) is -3.82. The molecule has 1 N–H and O–H groups in total. The van der Waals surface area contributed by atoms with Crippen molar-refractivity contribution in [2.45, 2.75) is 48.9 Å². The Balaban J connectivity index is 1.83. The Morgan fingerprint density at radius 1 is 1.18 bits per heavy atom. The number of halogens is 1. The van der Waals surface area contributed by atoms with Gasteiger partial charge in [0.05, 0.1) is 15.3 Å². The molecule has 0 aliphatic carbocycles. The van der Waals surface area contributed by atoms with Crippen molar-refractivity contribution in [1.82, 2.24) is 5.32 Å². The van der Waals surface area contributed by atoms with E-state index in [1.807, 2.05) is 6.07 Å². The first-order valence-electron chi connectivity index (χ1n) is 9.52. The summed E-state index contributed by atoms with van der Waals surface area (Å²) in [6.45, 7) is 7.34. The fraction of sp³-hybridized carbons (Fsp3) is 0.364. The van der Waals surface area contributed by atoms with Gasteiger partial charge in [0.1, 0.15) is 17.2 Å². The first-order valence-corrected chi connectivity index (χ1v) is 11.0. The molecule has 1 unspecified atom stereocenters. The second kappa shape index (κ2) is 6.71. The largest absolute Gasteiger partial charge is 0.459 e. The fourth-order valence-corrected chi connectivity index (χ4v) is 5.59. The van der Waals surface area contributed by atoms with Crippen LogP contribution < -0.4 is 5.32 Å². The predicted octanol–water partition coefficient (Wildman–Crippen LogP) is 4.81. The van der Waals surface area contributed by atoms with E-state index in [-0.39, 0.29) is 15.3 Å². The third-order valence-electron chi connectivity index (χ3n) is 5.39. The lowest BCUT2D eigenvalue weighted by atomic mass is 9.83. The number of rotatable bonds is 4. The van der Waals surface area contributed by atoms with Crippen molar-refractivity contribution in [1.29, 1.82) is 0 Å². The molecule has 0 bridgehead atoms. The summed E-state index contributed by atoms with van der Waals surface area (Å²) in [5.41, 5.74) is 1.43. The number of nitrogens with one attached hydrogen (secondary N) is 1. The molecular formula is C22H24FNO3S. The van der Waals surface area contributed by atoms with Crippen molar-refractivity contribution in [2.75, 3.05) is 6.54 Å². The van der Waals surface area contributed by atoms with Crippen LogP contribution in [0.2, 0.25) is 0 Å². The van der Waals surface area contributed by atoms with Crippen LogP contribution in [0.1, 0.15) is 38.5 Å². The normalized spacial score (nSPS) is 19.9. The highest BCUT2D eigenvalue weighted by atomic mass is 32.2. The Kier molecular flexibility index (Phi) is 4.59. The van der Waals surface area contributed by atoms with Crippen LogP contribution in [0.15, 0.2) is 56.7 Å². The summed E-state index contributed by atoms with van der Waals surface area (Å²) in [6, 6.07) is 10.0. The Morgan fingerprint density at radius 2 is 1.93 bits per heavy atom. The van der Waals surface area contributed by atoms with E-state index in [2.05, 4.69) is 26.1 Å². The molecule has 6 heteroatoms. The molecule has 1 atom stereocenters. The van der Waals surface area contributed by atoms with Crippen LogP contribution >= 0.6 is 0 Å². The quantitative estimate of drug-likeness (QED) is 0.681. The first kappa shape index (κ1) is 19.2. The van der Waals surface area contributed by atoms with Gasteiger partial charge in [-0.1, -0.05) is 19.9 Å². The minimum Gasteiger partial charge on any atom is -0.459 e. The summed E-state index contributed by atoms with van der Waals surface area (Å²) in [4.78, 5) is 0.0460. The van der Waals surface area contributed by atoms with Gasteiger partial charge in [0.15, 0.2) is 0 Å². The monoisotopic (exact) mass is 401 g/mol. The average molecular weight is 402 g/mol. The molecule has 0 radical (unpaired) electrons. The van der Waals surface area contributed by atoms with Gasteiger partial charge in [-0.25, -0.2) is 12.8 Å². The molecule has 2 aromatic carbocycles. The highest BCUT2D eigenvalue weighted by molar-refractivity contribution is 7.91. The summed E-state index contributed by atoms with van der Waals surface area (Å²) in [6.07, 6.45) is 1.76. The lowest BCUT2D eigenvalue weighted by molar-refractivity contribution is 0.238. The molecule has 1 aromatic heterocycles. The molecule has 4 nitrogen and oxygen atoms in total. The number of benzene rings is 2. The van der Waals surface area contributed by atoms with Crippen LogP contribution in [-0.4, -0.2) is 15.0 Å². The van der Waals surface area contributed by atoms with Crippen LogP contribution in [0.3, 0.4) is 0 Å². The second-order valence-electron chi connectivity index (χ2n) is 8.14. The molecule has 28 heavy (non-hydrogen) atoms. The van der Waals surface area contributed by atoms with Gasteiger partial charge in [-0.05, 0) is 56.0 Å². The Bertz CT molecular complexity index is 1150. The first-order chi connectivity index (χ1) is 13.2. The van der Waals surface area contributed by atoms with Gasteiger partial charge in [0, 0.05) is 23.6 Å². The minimum atomic E-state index is -3.82. The summed E-state index contributed by atoms with van der Waals surface area (Å²) < 4.78 is 45.6. The topological polar surface area (TPSA) is 59.3 Å². The summed E-state index contributed by atoms with van der Waals surface area (Å²) in [5.74, 6) is 0.800. The molecule has 4 rings (SSSR count). The third kappa shape index (κ3) is 3.14. The van der Waals surface area contributed by atoms with Crippen LogP contribution in [0.5, 0.6) is 0 Å². The van der Waals surface area contributed by atoms with Crippen LogP contribution in [0.4, 0.5) is 4.39 Å². The number of hydrogen-bond acceptors (Lipinski definition) is 4. The number of hydrogen-bond donors (Lipinski definition) is 1. The average Bonchev–Trinajstić information content (AvgIpc) is 3.01. The molecule has 2 heterocycles. The molecule has 3 aromatic rings.